The van der Waals surface area contributed by atoms with Crippen LogP contribution in [0.5, 0.6) is 0 Å². The number of amidine groups is 1. The zero-order valence-corrected chi connectivity index (χ0v) is 15.4. The third-order valence-electron chi connectivity index (χ3n) is 2.18. The molecule has 0 aliphatic carbocycles. The standard InChI is InChI=1S/C14H16I2N2O2/c1-5-10(4)8-9-11(6-2)12(7-3)13(19-15)18-14(17)20-16/h5-9H,1-3H2,4H3,(H2,17,18)/b10-8-,11-9+,13-12-. The third-order valence-corrected chi connectivity index (χ3v) is 3.05. The van der Waals surface area contributed by atoms with Gasteiger partial charge in [0.05, 0.1) is 0 Å². The van der Waals surface area contributed by atoms with E-state index in [0.717, 1.165) is 11.1 Å². The summed E-state index contributed by atoms with van der Waals surface area (Å²) in [6, 6.07) is -0.0159. The van der Waals surface area contributed by atoms with E-state index in [1.54, 1.807) is 64.2 Å². The van der Waals surface area contributed by atoms with E-state index >= 15 is 0 Å². The highest BCUT2D eigenvalue weighted by atomic mass is 127. The Morgan fingerprint density at radius 3 is 2.10 bits per heavy atom. The minimum atomic E-state index is -0.0159. The van der Waals surface area contributed by atoms with Crippen molar-refractivity contribution in [3.05, 3.63) is 72.7 Å². The van der Waals surface area contributed by atoms with E-state index in [2.05, 4.69) is 24.7 Å². The minimum absolute atomic E-state index is 0.0159. The topological polar surface area (TPSA) is 56.8 Å². The lowest BCUT2D eigenvalue weighted by molar-refractivity contribution is 0.541. The van der Waals surface area contributed by atoms with Crippen LogP contribution in [0.15, 0.2) is 77.7 Å². The van der Waals surface area contributed by atoms with Gasteiger partial charge in [-0.1, -0.05) is 55.7 Å². The van der Waals surface area contributed by atoms with Crippen LogP contribution in [-0.4, -0.2) is 6.02 Å². The van der Waals surface area contributed by atoms with Crippen LogP contribution in [0, 0.1) is 0 Å². The van der Waals surface area contributed by atoms with Gasteiger partial charge in [0.15, 0.2) is 46.0 Å². The molecule has 0 aliphatic heterocycles. The molecule has 0 atom stereocenters. The van der Waals surface area contributed by atoms with Crippen LogP contribution in [0.3, 0.4) is 0 Å². The van der Waals surface area contributed by atoms with Gasteiger partial charge in [0.2, 0.25) is 5.88 Å². The van der Waals surface area contributed by atoms with Gasteiger partial charge in [-0.05, 0) is 12.5 Å². The van der Waals surface area contributed by atoms with Gasteiger partial charge in [-0.25, -0.2) is 0 Å². The lowest BCUT2D eigenvalue weighted by Crippen LogP contribution is -2.11. The van der Waals surface area contributed by atoms with E-state index in [1.165, 1.54) is 0 Å². The molecule has 0 bridgehead atoms. The Kier molecular flexibility index (Phi) is 10.2. The molecule has 0 aliphatic rings. The first-order valence-corrected chi connectivity index (χ1v) is 7.22. The monoisotopic (exact) mass is 498 g/mol. The summed E-state index contributed by atoms with van der Waals surface area (Å²) in [6.45, 7) is 13.2. The maximum Gasteiger partial charge on any atom is 0.299 e. The van der Waals surface area contributed by atoms with E-state index in [0.29, 0.717) is 5.57 Å². The molecule has 0 rings (SSSR count). The summed E-state index contributed by atoms with van der Waals surface area (Å²) in [5, 5.41) is 0. The highest BCUT2D eigenvalue weighted by Gasteiger charge is 2.08. The predicted molar refractivity (Wildman–Crippen MR) is 101 cm³/mol. The first-order valence-electron chi connectivity index (χ1n) is 5.45. The predicted octanol–water partition coefficient (Wildman–Crippen LogP) is 4.68. The molecule has 6 heteroatoms. The number of rotatable bonds is 7. The van der Waals surface area contributed by atoms with Crippen molar-refractivity contribution in [3.8, 4) is 0 Å². The van der Waals surface area contributed by atoms with Crippen LogP contribution in [-0.2, 0) is 6.13 Å². The van der Waals surface area contributed by atoms with E-state index in [-0.39, 0.29) is 11.9 Å². The average Bonchev–Trinajstić information content (AvgIpc) is 2.48. The number of nitrogens with zero attached hydrogens (tertiary/aromatic N) is 1. The van der Waals surface area contributed by atoms with Crippen molar-refractivity contribution in [2.45, 2.75) is 6.92 Å². The summed E-state index contributed by atoms with van der Waals surface area (Å²) in [5.74, 6) is 0.283. The van der Waals surface area contributed by atoms with Crippen molar-refractivity contribution in [2.75, 3.05) is 0 Å². The molecule has 20 heavy (non-hydrogen) atoms. The number of hydrogen-bond acceptors (Lipinski definition) is 3. The molecule has 0 aromatic heterocycles. The summed E-state index contributed by atoms with van der Waals surface area (Å²) in [5.41, 5.74) is 7.98. The molecular weight excluding hydrogens is 482 g/mol. The number of hydrogen-bond donors (Lipinski definition) is 1. The molecule has 0 heterocycles. The first kappa shape index (κ1) is 19.0. The zero-order chi connectivity index (χ0) is 15.5. The number of halogens is 2. The van der Waals surface area contributed by atoms with Gasteiger partial charge in [0.1, 0.15) is 0 Å². The summed E-state index contributed by atoms with van der Waals surface area (Å²) >= 11 is 3.36. The Morgan fingerprint density at radius 1 is 1.05 bits per heavy atom. The molecule has 0 spiro atoms. The van der Waals surface area contributed by atoms with Gasteiger partial charge in [-0.3, -0.25) is 0 Å². The Balaban J connectivity index is 5.86. The minimum Gasteiger partial charge on any atom is -0.407 e. The summed E-state index contributed by atoms with van der Waals surface area (Å²) in [6.07, 6.45) is 8.82. The van der Waals surface area contributed by atoms with Gasteiger partial charge in [-0.2, -0.15) is 4.99 Å². The van der Waals surface area contributed by atoms with Gasteiger partial charge in [-0.15, -0.1) is 0 Å². The molecule has 0 aromatic rings. The Bertz CT molecular complexity index is 503. The first-order chi connectivity index (χ1) is 9.53. The molecule has 108 valence electrons. The van der Waals surface area contributed by atoms with Gasteiger partial charge >= 0.3 is 0 Å². The Labute approximate surface area is 147 Å². The molecule has 0 amide bonds. The van der Waals surface area contributed by atoms with Crippen molar-refractivity contribution in [1.29, 1.82) is 0 Å². The normalized spacial score (nSPS) is 14.2. The average molecular weight is 498 g/mol. The van der Waals surface area contributed by atoms with Crippen LogP contribution in [0.1, 0.15) is 6.92 Å². The van der Waals surface area contributed by atoms with Gasteiger partial charge < -0.3 is 11.9 Å². The van der Waals surface area contributed by atoms with Crippen molar-refractivity contribution in [2.24, 2.45) is 10.7 Å². The summed E-state index contributed by atoms with van der Waals surface area (Å²) in [4.78, 5) is 4.01. The van der Waals surface area contributed by atoms with Crippen LogP contribution in [0.4, 0.5) is 0 Å². The zero-order valence-electron chi connectivity index (χ0n) is 11.1. The summed E-state index contributed by atoms with van der Waals surface area (Å²) < 4.78 is 9.97. The maximum atomic E-state index is 5.53. The molecule has 0 fully saturated rings. The van der Waals surface area contributed by atoms with Crippen LogP contribution >= 0.6 is 46.0 Å². The van der Waals surface area contributed by atoms with E-state index in [9.17, 15) is 0 Å². The fourth-order valence-electron chi connectivity index (χ4n) is 1.12. The van der Waals surface area contributed by atoms with E-state index < -0.39 is 0 Å². The fourth-order valence-corrected chi connectivity index (χ4v) is 1.56. The molecule has 0 saturated heterocycles. The van der Waals surface area contributed by atoms with E-state index in [4.69, 9.17) is 11.9 Å². The highest BCUT2D eigenvalue weighted by Crippen LogP contribution is 2.22. The number of allylic oxidation sites excluding steroid dienone is 8. The molecule has 0 unspecified atom stereocenters. The maximum absolute atomic E-state index is 5.53. The van der Waals surface area contributed by atoms with Gasteiger partial charge in [0.25, 0.3) is 6.02 Å². The van der Waals surface area contributed by atoms with Gasteiger partial charge in [0, 0.05) is 5.57 Å². The van der Waals surface area contributed by atoms with Crippen LogP contribution < -0.4 is 5.73 Å². The molecule has 0 radical (unpaired) electrons. The van der Waals surface area contributed by atoms with Crippen molar-refractivity contribution < 1.29 is 6.13 Å². The van der Waals surface area contributed by atoms with Crippen molar-refractivity contribution in [3.63, 3.8) is 0 Å². The number of nitrogens with two attached hydrogens (primary N) is 1. The SMILES string of the molecule is C=C\C(C)=C/C=C(C=C)/C(C=C)=C(/N=C(\N)OI)OI. The molecular formula is C14H16I2N2O2. The summed E-state index contributed by atoms with van der Waals surface area (Å²) in [7, 11) is 0. The van der Waals surface area contributed by atoms with E-state index in [1.807, 2.05) is 19.1 Å². The quantitative estimate of drug-likeness (QED) is 0.183. The number of aliphatic imine (C=N–C) groups is 1. The second kappa shape index (κ2) is 10.7. The molecule has 0 aromatic carbocycles. The molecule has 0 saturated carbocycles. The van der Waals surface area contributed by atoms with Crippen molar-refractivity contribution in [1.82, 2.24) is 0 Å². The van der Waals surface area contributed by atoms with Crippen LogP contribution in [0.2, 0.25) is 0 Å². The Hall–Kier alpha value is -1.03. The van der Waals surface area contributed by atoms with Crippen LogP contribution in [0.25, 0.3) is 0 Å². The highest BCUT2D eigenvalue weighted by molar-refractivity contribution is 14.1. The fraction of sp³-hybridized carbons (Fsp3) is 0.0714. The van der Waals surface area contributed by atoms with Crippen molar-refractivity contribution >= 4 is 52.0 Å². The largest absolute Gasteiger partial charge is 0.407 e. The lowest BCUT2D eigenvalue weighted by atomic mass is 10.1. The third kappa shape index (κ3) is 6.42. The smallest absolute Gasteiger partial charge is 0.299 e. The molecule has 4 nitrogen and oxygen atoms in total. The Morgan fingerprint density at radius 2 is 1.70 bits per heavy atom. The second-order valence-electron chi connectivity index (χ2n) is 3.47. The lowest BCUT2D eigenvalue weighted by Gasteiger charge is -2.07. The second-order valence-corrected chi connectivity index (χ2v) is 4.35. The molecule has 2 N–H and O–H groups in total.